The molecule has 5 N–H and O–H groups in total. The van der Waals surface area contributed by atoms with Crippen LogP contribution in [0.15, 0.2) is 12.1 Å². The molecule has 0 spiro atoms. The second-order valence-electron chi connectivity index (χ2n) is 14.4. The van der Waals surface area contributed by atoms with Gasteiger partial charge in [-0.2, -0.15) is 0 Å². The van der Waals surface area contributed by atoms with Crippen LogP contribution in [-0.4, -0.2) is 84.8 Å². The van der Waals surface area contributed by atoms with Gasteiger partial charge < -0.3 is 35.5 Å². The molecule has 0 heterocycles. The van der Waals surface area contributed by atoms with E-state index in [0.29, 0.717) is 61.0 Å². The maximum absolute atomic E-state index is 15.1. The molecule has 4 saturated carbocycles. The van der Waals surface area contributed by atoms with Crippen molar-refractivity contribution >= 4 is 5.91 Å². The second-order valence-corrected chi connectivity index (χ2v) is 14.4. The van der Waals surface area contributed by atoms with Crippen LogP contribution < -0.4 is 20.5 Å². The number of rotatable bonds is 17. The Morgan fingerprint density at radius 3 is 2.36 bits per heavy atom. The normalized spacial score (nSPS) is 28.0. The Morgan fingerprint density at radius 2 is 1.80 bits per heavy atom. The van der Waals surface area contributed by atoms with Gasteiger partial charge in [-0.1, -0.05) is 13.8 Å². The molecule has 1 amide bonds. The van der Waals surface area contributed by atoms with Crippen molar-refractivity contribution < 1.29 is 33.6 Å². The highest BCUT2D eigenvalue weighted by atomic mass is 19.1. The minimum Gasteiger partial charge on any atom is -0.493 e. The lowest BCUT2D eigenvalue weighted by Gasteiger charge is -2.58. The number of carbonyl (C=O) groups is 1. The number of aliphatic hydroxyl groups is 2. The van der Waals surface area contributed by atoms with Gasteiger partial charge in [0.1, 0.15) is 5.82 Å². The average molecular weight is 622 g/mol. The molecule has 4 fully saturated rings. The standard InChI is InChI=1S/C34H56FN3O6/c1-20(2)26(33(40)37-32-23-10-22-11-24(32)17-34(41,15-22)16-23)13-29(39)28(36)19-38(21(3)4)18-25-12-31(44-9-7-8-42-5)30(43-6)14-27(25)35/h12,14,20-24,26,28-29,32,39,41H,7-11,13,15-19,36H2,1-6H3,(H,37,40)/t22?,23?,24?,26-,28-,29-,32?,34?/m0/s1. The first-order valence-electron chi connectivity index (χ1n) is 16.5. The molecule has 4 aliphatic carbocycles. The van der Waals surface area contributed by atoms with Gasteiger partial charge in [0.05, 0.1) is 25.4 Å². The fourth-order valence-electron chi connectivity index (χ4n) is 8.03. The molecule has 44 heavy (non-hydrogen) atoms. The predicted molar refractivity (Wildman–Crippen MR) is 168 cm³/mol. The smallest absolute Gasteiger partial charge is 0.223 e. The summed E-state index contributed by atoms with van der Waals surface area (Å²) in [4.78, 5) is 15.6. The minimum absolute atomic E-state index is 0.0229. The molecule has 5 rings (SSSR count). The minimum atomic E-state index is -0.908. The number of nitrogens with zero attached hydrogens (tertiary/aromatic N) is 1. The summed E-state index contributed by atoms with van der Waals surface area (Å²) >= 11 is 0. The van der Waals surface area contributed by atoms with E-state index in [1.54, 1.807) is 13.2 Å². The third-order valence-electron chi connectivity index (χ3n) is 10.3. The Bertz CT molecular complexity index is 1090. The number of halogens is 1. The van der Waals surface area contributed by atoms with Crippen LogP contribution in [0, 0.1) is 35.4 Å². The Hall–Kier alpha value is -1.98. The third kappa shape index (κ3) is 8.43. The molecule has 4 aliphatic rings. The molecule has 5 atom stereocenters. The van der Waals surface area contributed by atoms with E-state index >= 15 is 4.39 Å². The molecule has 4 bridgehead atoms. The van der Waals surface area contributed by atoms with Crippen molar-refractivity contribution in [1.82, 2.24) is 10.2 Å². The van der Waals surface area contributed by atoms with Crippen molar-refractivity contribution in [3.05, 3.63) is 23.5 Å². The molecule has 0 radical (unpaired) electrons. The lowest BCUT2D eigenvalue weighted by molar-refractivity contribution is -0.149. The number of nitrogens with one attached hydrogen (secondary N) is 1. The quantitative estimate of drug-likeness (QED) is 0.193. The molecule has 0 saturated heterocycles. The van der Waals surface area contributed by atoms with Gasteiger partial charge in [-0.3, -0.25) is 9.69 Å². The van der Waals surface area contributed by atoms with E-state index in [4.69, 9.17) is 19.9 Å². The van der Waals surface area contributed by atoms with Crippen molar-refractivity contribution in [2.45, 2.75) is 109 Å². The van der Waals surface area contributed by atoms with E-state index in [1.807, 2.05) is 32.6 Å². The molecular formula is C34H56FN3O6. The summed E-state index contributed by atoms with van der Waals surface area (Å²) in [5.74, 6) is 1.21. The Kier molecular flexibility index (Phi) is 12.0. The average Bonchev–Trinajstić information content (AvgIpc) is 2.95. The number of nitrogens with two attached hydrogens (primary N) is 1. The summed E-state index contributed by atoms with van der Waals surface area (Å²) in [6.07, 6.45) is 4.63. The fraction of sp³-hybridized carbons (Fsp3) is 0.794. The molecule has 0 aliphatic heterocycles. The van der Waals surface area contributed by atoms with E-state index in [2.05, 4.69) is 5.32 Å². The summed E-state index contributed by atoms with van der Waals surface area (Å²) in [6, 6.07) is 2.49. The van der Waals surface area contributed by atoms with Gasteiger partial charge in [0, 0.05) is 68.9 Å². The van der Waals surface area contributed by atoms with Crippen LogP contribution in [0.1, 0.15) is 78.2 Å². The summed E-state index contributed by atoms with van der Waals surface area (Å²) in [5.41, 5.74) is 6.46. The van der Waals surface area contributed by atoms with Gasteiger partial charge in [0.25, 0.3) is 0 Å². The van der Waals surface area contributed by atoms with Crippen LogP contribution in [0.3, 0.4) is 0 Å². The number of benzene rings is 1. The van der Waals surface area contributed by atoms with Crippen LogP contribution >= 0.6 is 0 Å². The first-order valence-corrected chi connectivity index (χ1v) is 16.5. The van der Waals surface area contributed by atoms with E-state index in [9.17, 15) is 15.0 Å². The number of methoxy groups -OCH3 is 2. The summed E-state index contributed by atoms with van der Waals surface area (Å²) in [6.45, 7) is 9.59. The molecular weight excluding hydrogens is 565 g/mol. The summed E-state index contributed by atoms with van der Waals surface area (Å²) < 4.78 is 31.4. The number of carbonyl (C=O) groups excluding carboxylic acids is 1. The molecule has 9 nitrogen and oxygen atoms in total. The summed E-state index contributed by atoms with van der Waals surface area (Å²) in [7, 11) is 3.11. The van der Waals surface area contributed by atoms with Crippen molar-refractivity contribution in [3.63, 3.8) is 0 Å². The monoisotopic (exact) mass is 621 g/mol. The topological polar surface area (TPSA) is 127 Å². The zero-order valence-corrected chi connectivity index (χ0v) is 27.6. The van der Waals surface area contributed by atoms with Crippen molar-refractivity contribution in [3.8, 4) is 11.5 Å². The van der Waals surface area contributed by atoms with Crippen molar-refractivity contribution in [2.24, 2.45) is 35.3 Å². The Labute approximate surface area is 263 Å². The lowest BCUT2D eigenvalue weighted by Crippen LogP contribution is -2.62. The van der Waals surface area contributed by atoms with Gasteiger partial charge in [0.15, 0.2) is 11.5 Å². The van der Waals surface area contributed by atoms with Gasteiger partial charge >= 0.3 is 0 Å². The van der Waals surface area contributed by atoms with Gasteiger partial charge in [-0.25, -0.2) is 4.39 Å². The number of ether oxygens (including phenoxy) is 3. The number of hydrogen-bond acceptors (Lipinski definition) is 8. The first-order chi connectivity index (χ1) is 20.8. The van der Waals surface area contributed by atoms with E-state index in [-0.39, 0.29) is 42.8 Å². The fourth-order valence-corrected chi connectivity index (χ4v) is 8.03. The highest BCUT2D eigenvalue weighted by Gasteiger charge is 2.55. The van der Waals surface area contributed by atoms with E-state index in [1.165, 1.54) is 13.2 Å². The molecule has 1 aromatic rings. The van der Waals surface area contributed by atoms with Crippen LogP contribution in [-0.2, 0) is 16.1 Å². The summed E-state index contributed by atoms with van der Waals surface area (Å²) in [5, 5.41) is 25.5. The maximum atomic E-state index is 15.1. The molecule has 10 heteroatoms. The highest BCUT2D eigenvalue weighted by molar-refractivity contribution is 5.79. The van der Waals surface area contributed by atoms with Gasteiger partial charge in [-0.15, -0.1) is 0 Å². The van der Waals surface area contributed by atoms with Crippen LogP contribution in [0.2, 0.25) is 0 Å². The van der Waals surface area contributed by atoms with E-state index in [0.717, 1.165) is 32.1 Å². The molecule has 0 aromatic heterocycles. The lowest BCUT2D eigenvalue weighted by atomic mass is 9.52. The first kappa shape index (κ1) is 34.9. The number of hydrogen-bond donors (Lipinski definition) is 4. The van der Waals surface area contributed by atoms with Crippen LogP contribution in [0.5, 0.6) is 11.5 Å². The second kappa shape index (κ2) is 15.1. The largest absolute Gasteiger partial charge is 0.493 e. The zero-order chi connectivity index (χ0) is 32.2. The number of amides is 1. The van der Waals surface area contributed by atoms with Gasteiger partial charge in [-0.05, 0) is 82.1 Å². The van der Waals surface area contributed by atoms with E-state index < -0.39 is 23.6 Å². The van der Waals surface area contributed by atoms with Crippen LogP contribution in [0.4, 0.5) is 4.39 Å². The zero-order valence-electron chi connectivity index (χ0n) is 27.6. The molecule has 2 unspecified atom stereocenters. The predicted octanol–water partition coefficient (Wildman–Crippen LogP) is 3.87. The highest BCUT2D eigenvalue weighted by Crippen LogP contribution is 2.55. The van der Waals surface area contributed by atoms with Crippen molar-refractivity contribution in [1.29, 1.82) is 0 Å². The number of aliphatic hydroxyl groups excluding tert-OH is 1. The SMILES string of the molecule is COCCCOc1cc(CN(C[C@H](N)[C@@H](O)C[C@H](C(=O)NC2C3CC4CC2CC(O)(C4)C3)C(C)C)C(C)C)c(F)cc1OC. The Morgan fingerprint density at radius 1 is 1.11 bits per heavy atom. The molecule has 1 aromatic carbocycles. The Balaban J connectivity index is 1.37. The third-order valence-corrected chi connectivity index (χ3v) is 10.3. The van der Waals surface area contributed by atoms with Gasteiger partial charge in [0.2, 0.25) is 5.91 Å². The van der Waals surface area contributed by atoms with Crippen molar-refractivity contribution in [2.75, 3.05) is 34.0 Å². The maximum Gasteiger partial charge on any atom is 0.223 e. The van der Waals surface area contributed by atoms with Crippen LogP contribution in [0.25, 0.3) is 0 Å². The molecule has 250 valence electrons.